The number of hydrogen-bond donors (Lipinski definition) is 0. The third kappa shape index (κ3) is 1.88. The Morgan fingerprint density at radius 1 is 1.33 bits per heavy atom. The monoisotopic (exact) mass is 202 g/mol. The van der Waals surface area contributed by atoms with Crippen LogP contribution in [0.5, 0.6) is 0 Å². The standard InChI is InChI=1S/C12H14N2O/c1-2-4-10(5-3-1)8-14-9-11(14)12-13-6-7-15-12/h1-5,11H,6-9H2. The Hall–Kier alpha value is -1.35. The first kappa shape index (κ1) is 8.92. The Bertz CT molecular complexity index is 374. The van der Waals surface area contributed by atoms with Crippen LogP contribution in [0.4, 0.5) is 0 Å². The van der Waals surface area contributed by atoms with Gasteiger partial charge in [0.25, 0.3) is 0 Å². The summed E-state index contributed by atoms with van der Waals surface area (Å²) in [7, 11) is 0. The van der Waals surface area contributed by atoms with E-state index in [1.807, 2.05) is 6.07 Å². The van der Waals surface area contributed by atoms with Crippen LogP contribution in [0, 0.1) is 0 Å². The quantitative estimate of drug-likeness (QED) is 0.690. The maximum Gasteiger partial charge on any atom is 0.202 e. The van der Waals surface area contributed by atoms with Crippen molar-refractivity contribution in [3.63, 3.8) is 0 Å². The Morgan fingerprint density at radius 2 is 2.20 bits per heavy atom. The minimum atomic E-state index is 0.452. The van der Waals surface area contributed by atoms with Crippen LogP contribution < -0.4 is 0 Å². The Morgan fingerprint density at radius 3 is 2.93 bits per heavy atom. The fraction of sp³-hybridized carbons (Fsp3) is 0.417. The topological polar surface area (TPSA) is 24.6 Å². The molecule has 1 fully saturated rings. The molecular formula is C12H14N2O. The van der Waals surface area contributed by atoms with E-state index >= 15 is 0 Å². The van der Waals surface area contributed by atoms with Gasteiger partial charge in [0.15, 0.2) is 0 Å². The maximum atomic E-state index is 5.45. The van der Waals surface area contributed by atoms with E-state index in [4.69, 9.17) is 4.74 Å². The van der Waals surface area contributed by atoms with E-state index in [2.05, 4.69) is 34.2 Å². The van der Waals surface area contributed by atoms with Crippen molar-refractivity contribution in [2.45, 2.75) is 12.6 Å². The average Bonchev–Trinajstić information content (AvgIpc) is 2.82. The fourth-order valence-corrected chi connectivity index (χ4v) is 1.96. The van der Waals surface area contributed by atoms with Crippen molar-refractivity contribution in [3.8, 4) is 0 Å². The van der Waals surface area contributed by atoms with Crippen molar-refractivity contribution < 1.29 is 4.74 Å². The lowest BCUT2D eigenvalue weighted by Gasteiger charge is -2.03. The van der Waals surface area contributed by atoms with Gasteiger partial charge in [-0.15, -0.1) is 0 Å². The molecule has 0 saturated carbocycles. The molecule has 1 saturated heterocycles. The van der Waals surface area contributed by atoms with E-state index in [0.717, 1.165) is 32.1 Å². The average molecular weight is 202 g/mol. The predicted octanol–water partition coefficient (Wildman–Crippen LogP) is 1.30. The highest BCUT2D eigenvalue weighted by atomic mass is 16.5. The minimum absolute atomic E-state index is 0.452. The van der Waals surface area contributed by atoms with E-state index in [-0.39, 0.29) is 0 Å². The van der Waals surface area contributed by atoms with Crippen LogP contribution in [0.1, 0.15) is 5.56 Å². The zero-order valence-corrected chi connectivity index (χ0v) is 8.60. The van der Waals surface area contributed by atoms with Gasteiger partial charge in [0.05, 0.1) is 12.6 Å². The molecule has 0 aliphatic carbocycles. The summed E-state index contributed by atoms with van der Waals surface area (Å²) in [4.78, 5) is 6.72. The molecule has 0 spiro atoms. The molecular weight excluding hydrogens is 188 g/mol. The molecule has 0 N–H and O–H groups in total. The number of benzene rings is 1. The van der Waals surface area contributed by atoms with Gasteiger partial charge in [-0.05, 0) is 5.56 Å². The van der Waals surface area contributed by atoms with Crippen molar-refractivity contribution in [2.24, 2.45) is 4.99 Å². The van der Waals surface area contributed by atoms with Crippen LogP contribution in [0.2, 0.25) is 0 Å². The zero-order chi connectivity index (χ0) is 10.1. The summed E-state index contributed by atoms with van der Waals surface area (Å²) in [6.07, 6.45) is 0. The van der Waals surface area contributed by atoms with Crippen molar-refractivity contribution in [1.29, 1.82) is 0 Å². The second kappa shape index (κ2) is 3.66. The molecule has 78 valence electrons. The normalized spacial score (nSPS) is 28.4. The number of aliphatic imine (C=N–C) groups is 1. The molecule has 2 aliphatic rings. The third-order valence-electron chi connectivity index (χ3n) is 2.84. The smallest absolute Gasteiger partial charge is 0.202 e. The first-order chi connectivity index (χ1) is 7.43. The molecule has 2 atom stereocenters. The van der Waals surface area contributed by atoms with Gasteiger partial charge in [0.2, 0.25) is 5.90 Å². The van der Waals surface area contributed by atoms with Crippen molar-refractivity contribution in [1.82, 2.24) is 4.90 Å². The summed E-state index contributed by atoms with van der Waals surface area (Å²) >= 11 is 0. The van der Waals surface area contributed by atoms with Crippen molar-refractivity contribution in [2.75, 3.05) is 19.7 Å². The summed E-state index contributed by atoms with van der Waals surface area (Å²) < 4.78 is 5.45. The van der Waals surface area contributed by atoms with Crippen LogP contribution in [0.25, 0.3) is 0 Å². The zero-order valence-electron chi connectivity index (χ0n) is 8.60. The van der Waals surface area contributed by atoms with Gasteiger partial charge in [0.1, 0.15) is 6.61 Å². The molecule has 15 heavy (non-hydrogen) atoms. The summed E-state index contributed by atoms with van der Waals surface area (Å²) in [5.41, 5.74) is 1.36. The molecule has 3 nitrogen and oxygen atoms in total. The van der Waals surface area contributed by atoms with Crippen LogP contribution in [-0.4, -0.2) is 36.5 Å². The first-order valence-electron chi connectivity index (χ1n) is 5.38. The van der Waals surface area contributed by atoms with E-state index < -0.39 is 0 Å². The fourth-order valence-electron chi connectivity index (χ4n) is 1.96. The molecule has 0 bridgehead atoms. The van der Waals surface area contributed by atoms with Crippen molar-refractivity contribution >= 4 is 5.90 Å². The molecule has 3 heteroatoms. The first-order valence-corrected chi connectivity index (χ1v) is 5.38. The largest absolute Gasteiger partial charge is 0.478 e. The van der Waals surface area contributed by atoms with Gasteiger partial charge in [-0.25, -0.2) is 0 Å². The van der Waals surface area contributed by atoms with E-state index in [1.54, 1.807) is 0 Å². The molecule has 2 unspecified atom stereocenters. The lowest BCUT2D eigenvalue weighted by molar-refractivity contribution is 0.333. The molecule has 0 aromatic heterocycles. The van der Waals surface area contributed by atoms with Gasteiger partial charge < -0.3 is 4.74 Å². The molecule has 0 radical (unpaired) electrons. The minimum Gasteiger partial charge on any atom is -0.478 e. The number of hydrogen-bond acceptors (Lipinski definition) is 3. The number of nitrogens with zero attached hydrogens (tertiary/aromatic N) is 2. The number of rotatable bonds is 3. The van der Waals surface area contributed by atoms with Gasteiger partial charge in [-0.2, -0.15) is 0 Å². The predicted molar refractivity (Wildman–Crippen MR) is 58.9 cm³/mol. The summed E-state index contributed by atoms with van der Waals surface area (Å²) in [5.74, 6) is 0.950. The van der Waals surface area contributed by atoms with E-state index in [0.29, 0.717) is 6.04 Å². The van der Waals surface area contributed by atoms with E-state index in [9.17, 15) is 0 Å². The second-order valence-electron chi connectivity index (χ2n) is 4.00. The number of ether oxygens (including phenoxy) is 1. The maximum absolute atomic E-state index is 5.45. The van der Waals surface area contributed by atoms with Gasteiger partial charge in [-0.1, -0.05) is 30.3 Å². The molecule has 2 heterocycles. The SMILES string of the molecule is c1ccc(CN2CC2C2=NCCO2)cc1. The molecule has 3 rings (SSSR count). The lowest BCUT2D eigenvalue weighted by Crippen LogP contribution is -2.13. The highest BCUT2D eigenvalue weighted by Gasteiger charge is 2.40. The lowest BCUT2D eigenvalue weighted by atomic mass is 10.2. The van der Waals surface area contributed by atoms with Crippen LogP contribution >= 0.6 is 0 Å². The van der Waals surface area contributed by atoms with E-state index in [1.165, 1.54) is 5.56 Å². The highest BCUT2D eigenvalue weighted by molar-refractivity contribution is 5.85. The van der Waals surface area contributed by atoms with Crippen LogP contribution in [-0.2, 0) is 11.3 Å². The van der Waals surface area contributed by atoms with Crippen LogP contribution in [0.3, 0.4) is 0 Å². The Kier molecular flexibility index (Phi) is 2.18. The highest BCUT2D eigenvalue weighted by Crippen LogP contribution is 2.24. The Balaban J connectivity index is 1.59. The van der Waals surface area contributed by atoms with Gasteiger partial charge >= 0.3 is 0 Å². The second-order valence-corrected chi connectivity index (χ2v) is 4.00. The summed E-state index contributed by atoms with van der Waals surface area (Å²) in [6.45, 7) is 3.71. The molecule has 2 aliphatic heterocycles. The van der Waals surface area contributed by atoms with Crippen LogP contribution in [0.15, 0.2) is 35.3 Å². The summed E-state index contributed by atoms with van der Waals surface area (Å²) in [5, 5.41) is 0. The molecule has 1 aromatic carbocycles. The van der Waals surface area contributed by atoms with Crippen molar-refractivity contribution in [3.05, 3.63) is 35.9 Å². The van der Waals surface area contributed by atoms with Gasteiger partial charge in [-0.3, -0.25) is 9.89 Å². The molecule has 1 aromatic rings. The Labute approximate surface area is 89.4 Å². The van der Waals surface area contributed by atoms with Gasteiger partial charge in [0, 0.05) is 13.1 Å². The summed E-state index contributed by atoms with van der Waals surface area (Å²) in [6, 6.07) is 11.0. The third-order valence-corrected chi connectivity index (χ3v) is 2.84. The molecule has 0 amide bonds.